The van der Waals surface area contributed by atoms with E-state index in [1.54, 1.807) is 0 Å². The van der Waals surface area contributed by atoms with E-state index >= 15 is 0 Å². The second kappa shape index (κ2) is 4.65. The fourth-order valence-corrected chi connectivity index (χ4v) is 5.80. The van der Waals surface area contributed by atoms with Gasteiger partial charge in [-0.3, -0.25) is 4.79 Å². The SMILES string of the molecule is O=C(C1C2CC3CC(C2)CC1C3)N1CCC(Cl)CC1. The number of carbonyl (C=O) groups excluding carboxylic acids is 1. The van der Waals surface area contributed by atoms with Crippen molar-refractivity contribution in [3.63, 3.8) is 0 Å². The molecule has 0 unspecified atom stereocenters. The zero-order chi connectivity index (χ0) is 13.0. The van der Waals surface area contributed by atoms with Crippen LogP contribution < -0.4 is 0 Å². The summed E-state index contributed by atoms with van der Waals surface area (Å²) in [6.45, 7) is 1.80. The smallest absolute Gasteiger partial charge is 0.226 e. The summed E-state index contributed by atoms with van der Waals surface area (Å²) in [5.41, 5.74) is 0. The number of alkyl halides is 1. The summed E-state index contributed by atoms with van der Waals surface area (Å²) in [7, 11) is 0. The van der Waals surface area contributed by atoms with E-state index < -0.39 is 0 Å². The summed E-state index contributed by atoms with van der Waals surface area (Å²) in [6, 6.07) is 0. The third kappa shape index (κ3) is 2.11. The molecule has 0 spiro atoms. The Morgan fingerprint density at radius 2 is 1.42 bits per heavy atom. The Kier molecular flexibility index (Phi) is 3.06. The van der Waals surface area contributed by atoms with Crippen molar-refractivity contribution in [1.29, 1.82) is 0 Å². The van der Waals surface area contributed by atoms with Gasteiger partial charge < -0.3 is 4.90 Å². The predicted octanol–water partition coefficient (Wildman–Crippen LogP) is 3.29. The zero-order valence-electron chi connectivity index (χ0n) is 11.6. The maximum absolute atomic E-state index is 12.9. The number of rotatable bonds is 1. The van der Waals surface area contributed by atoms with E-state index in [1.807, 2.05) is 0 Å². The van der Waals surface area contributed by atoms with Crippen molar-refractivity contribution in [2.24, 2.45) is 29.6 Å². The molecule has 0 aromatic carbocycles. The van der Waals surface area contributed by atoms with Crippen molar-refractivity contribution in [2.45, 2.75) is 50.3 Å². The molecule has 2 nitrogen and oxygen atoms in total. The molecule has 0 atom stereocenters. The van der Waals surface area contributed by atoms with Gasteiger partial charge in [0.05, 0.1) is 0 Å². The maximum Gasteiger partial charge on any atom is 0.226 e. The van der Waals surface area contributed by atoms with Gasteiger partial charge in [-0.05, 0) is 68.6 Å². The molecule has 5 aliphatic rings. The van der Waals surface area contributed by atoms with Gasteiger partial charge in [-0.2, -0.15) is 0 Å². The van der Waals surface area contributed by atoms with Gasteiger partial charge in [0, 0.05) is 24.4 Å². The summed E-state index contributed by atoms with van der Waals surface area (Å²) in [6.07, 6.45) is 8.81. The van der Waals surface area contributed by atoms with Crippen LogP contribution in [-0.4, -0.2) is 29.3 Å². The van der Waals surface area contributed by atoms with E-state index in [2.05, 4.69) is 4.90 Å². The van der Waals surface area contributed by atoms with E-state index in [1.165, 1.54) is 32.1 Å². The minimum atomic E-state index is 0.294. The summed E-state index contributed by atoms with van der Waals surface area (Å²) in [5, 5.41) is 0.294. The lowest BCUT2D eigenvalue weighted by molar-refractivity contribution is -0.149. The summed E-state index contributed by atoms with van der Waals surface area (Å²) in [4.78, 5) is 15.0. The lowest BCUT2D eigenvalue weighted by atomic mass is 9.51. The average molecular weight is 282 g/mol. The number of hydrogen-bond donors (Lipinski definition) is 0. The average Bonchev–Trinajstić information content (AvgIpc) is 2.38. The van der Waals surface area contributed by atoms with Crippen LogP contribution in [0.15, 0.2) is 0 Å². The van der Waals surface area contributed by atoms with Crippen molar-refractivity contribution < 1.29 is 4.79 Å². The molecular weight excluding hydrogens is 258 g/mol. The first-order valence-corrected chi connectivity index (χ1v) is 8.57. The van der Waals surface area contributed by atoms with Gasteiger partial charge in [-0.25, -0.2) is 0 Å². The lowest BCUT2D eigenvalue weighted by Gasteiger charge is -2.54. The van der Waals surface area contributed by atoms with Crippen LogP contribution in [0.5, 0.6) is 0 Å². The monoisotopic (exact) mass is 281 g/mol. The summed E-state index contributed by atoms with van der Waals surface area (Å²) in [5.74, 6) is 4.22. The number of likely N-dealkylation sites (tertiary alicyclic amines) is 1. The molecule has 0 radical (unpaired) electrons. The first-order chi connectivity index (χ1) is 9.20. The molecule has 1 amide bonds. The molecular formula is C16H24ClNO. The Balaban J connectivity index is 1.48. The molecule has 0 N–H and O–H groups in total. The van der Waals surface area contributed by atoms with E-state index in [-0.39, 0.29) is 0 Å². The Morgan fingerprint density at radius 3 is 1.95 bits per heavy atom. The van der Waals surface area contributed by atoms with Crippen LogP contribution in [0.1, 0.15) is 44.9 Å². The summed E-state index contributed by atoms with van der Waals surface area (Å²) < 4.78 is 0. The van der Waals surface area contributed by atoms with E-state index in [4.69, 9.17) is 11.6 Å². The van der Waals surface area contributed by atoms with Gasteiger partial charge in [-0.15, -0.1) is 11.6 Å². The molecule has 1 saturated heterocycles. The van der Waals surface area contributed by atoms with Crippen molar-refractivity contribution in [3.8, 4) is 0 Å². The molecule has 1 heterocycles. The van der Waals surface area contributed by atoms with Crippen LogP contribution in [0, 0.1) is 29.6 Å². The topological polar surface area (TPSA) is 20.3 Å². The Labute approximate surface area is 120 Å². The fourth-order valence-electron chi connectivity index (χ4n) is 5.61. The molecule has 3 heteroatoms. The molecule has 5 rings (SSSR count). The highest BCUT2D eigenvalue weighted by Crippen LogP contribution is 2.56. The van der Waals surface area contributed by atoms with Crippen LogP contribution in [0.4, 0.5) is 0 Å². The largest absolute Gasteiger partial charge is 0.342 e. The van der Waals surface area contributed by atoms with Gasteiger partial charge >= 0.3 is 0 Å². The number of amides is 1. The molecule has 0 aromatic heterocycles. The molecule has 106 valence electrons. The Bertz CT molecular complexity index is 347. The number of hydrogen-bond acceptors (Lipinski definition) is 1. The van der Waals surface area contributed by atoms with Crippen LogP contribution in [0.25, 0.3) is 0 Å². The Hall–Kier alpha value is -0.240. The van der Waals surface area contributed by atoms with Gasteiger partial charge in [0.15, 0.2) is 0 Å². The second-order valence-electron chi connectivity index (χ2n) is 7.46. The van der Waals surface area contributed by atoms with Gasteiger partial charge in [0.25, 0.3) is 0 Å². The highest BCUT2D eigenvalue weighted by atomic mass is 35.5. The van der Waals surface area contributed by atoms with Crippen molar-refractivity contribution in [1.82, 2.24) is 4.90 Å². The second-order valence-corrected chi connectivity index (χ2v) is 8.07. The highest BCUT2D eigenvalue weighted by Gasteiger charge is 2.51. The lowest BCUT2D eigenvalue weighted by Crippen LogP contribution is -2.53. The number of piperidine rings is 1. The zero-order valence-corrected chi connectivity index (χ0v) is 12.3. The third-order valence-electron chi connectivity index (χ3n) is 6.25. The first kappa shape index (κ1) is 12.5. The molecule has 4 bridgehead atoms. The maximum atomic E-state index is 12.9. The predicted molar refractivity (Wildman–Crippen MR) is 76.0 cm³/mol. The number of carbonyl (C=O) groups is 1. The van der Waals surface area contributed by atoms with Gasteiger partial charge in [0.2, 0.25) is 5.91 Å². The summed E-state index contributed by atoms with van der Waals surface area (Å²) >= 11 is 6.16. The van der Waals surface area contributed by atoms with Crippen molar-refractivity contribution in [2.75, 3.05) is 13.1 Å². The quantitative estimate of drug-likeness (QED) is 0.676. The molecule has 0 aromatic rings. The molecule has 1 aliphatic heterocycles. The van der Waals surface area contributed by atoms with Crippen LogP contribution >= 0.6 is 11.6 Å². The van der Waals surface area contributed by atoms with E-state index in [0.29, 0.717) is 17.2 Å². The molecule has 5 fully saturated rings. The van der Waals surface area contributed by atoms with Crippen molar-refractivity contribution >= 4 is 17.5 Å². The first-order valence-electron chi connectivity index (χ1n) is 8.13. The molecule has 19 heavy (non-hydrogen) atoms. The van der Waals surface area contributed by atoms with E-state index in [9.17, 15) is 4.79 Å². The third-order valence-corrected chi connectivity index (χ3v) is 6.68. The molecule has 4 saturated carbocycles. The minimum absolute atomic E-state index is 0.294. The van der Waals surface area contributed by atoms with Gasteiger partial charge in [-0.1, -0.05) is 0 Å². The molecule has 4 aliphatic carbocycles. The van der Waals surface area contributed by atoms with Crippen LogP contribution in [0.3, 0.4) is 0 Å². The number of nitrogens with zero attached hydrogens (tertiary/aromatic N) is 1. The Morgan fingerprint density at radius 1 is 0.895 bits per heavy atom. The minimum Gasteiger partial charge on any atom is -0.342 e. The van der Waals surface area contributed by atoms with Crippen LogP contribution in [-0.2, 0) is 4.79 Å². The van der Waals surface area contributed by atoms with E-state index in [0.717, 1.165) is 49.6 Å². The highest BCUT2D eigenvalue weighted by molar-refractivity contribution is 6.20. The van der Waals surface area contributed by atoms with Gasteiger partial charge in [0.1, 0.15) is 0 Å². The van der Waals surface area contributed by atoms with Crippen LogP contribution in [0.2, 0.25) is 0 Å². The van der Waals surface area contributed by atoms with Crippen molar-refractivity contribution in [3.05, 3.63) is 0 Å². The standard InChI is InChI=1S/C16H24ClNO/c17-14-1-3-18(4-2-14)16(19)15-12-6-10-5-11(8-12)9-13(15)7-10/h10-15H,1-9H2. The fraction of sp³-hybridized carbons (Fsp3) is 0.938. The number of halogens is 1. The normalized spacial score (nSPS) is 45.7.